The first-order valence-electron chi connectivity index (χ1n) is 7.97. The third-order valence-electron chi connectivity index (χ3n) is 4.38. The van der Waals surface area contributed by atoms with E-state index in [1.807, 2.05) is 0 Å². The lowest BCUT2D eigenvalue weighted by Crippen LogP contribution is -2.32. The second-order valence-corrected chi connectivity index (χ2v) is 6.11. The van der Waals surface area contributed by atoms with E-state index in [9.17, 15) is 22.8 Å². The normalized spacial score (nSPS) is 16.8. The van der Waals surface area contributed by atoms with Crippen LogP contribution in [0, 0.1) is 0 Å². The molecule has 0 radical (unpaired) electrons. The number of halogens is 3. The molecule has 2 N–H and O–H groups in total. The van der Waals surface area contributed by atoms with Crippen molar-refractivity contribution in [1.29, 1.82) is 0 Å². The maximum atomic E-state index is 12.9. The van der Waals surface area contributed by atoms with Crippen LogP contribution in [0.2, 0.25) is 0 Å². The van der Waals surface area contributed by atoms with Gasteiger partial charge in [-0.3, -0.25) is 9.59 Å². The number of amides is 1. The summed E-state index contributed by atoms with van der Waals surface area (Å²) in [5.41, 5.74) is 0.0554. The minimum absolute atomic E-state index is 0.190. The molecule has 1 aliphatic heterocycles. The summed E-state index contributed by atoms with van der Waals surface area (Å²) in [6, 6.07) is 5.19. The number of carboxylic acids is 1. The first-order valence-corrected chi connectivity index (χ1v) is 7.97. The smallest absolute Gasteiger partial charge is 0.416 e. The van der Waals surface area contributed by atoms with Gasteiger partial charge in [-0.15, -0.1) is 0 Å². The van der Waals surface area contributed by atoms with E-state index in [1.165, 1.54) is 12.3 Å². The zero-order valence-corrected chi connectivity index (χ0v) is 13.6. The summed E-state index contributed by atoms with van der Waals surface area (Å²) in [6.07, 6.45) is -1.91. The van der Waals surface area contributed by atoms with E-state index in [0.29, 0.717) is 30.8 Å². The van der Waals surface area contributed by atoms with Gasteiger partial charge in [-0.2, -0.15) is 13.2 Å². The molecule has 2 aromatic rings. The Morgan fingerprint density at radius 3 is 2.81 bits per heavy atom. The van der Waals surface area contributed by atoms with Crippen molar-refractivity contribution in [3.05, 3.63) is 53.1 Å². The fourth-order valence-corrected chi connectivity index (χ4v) is 3.10. The van der Waals surface area contributed by atoms with Crippen LogP contribution in [-0.2, 0) is 23.9 Å². The summed E-state index contributed by atoms with van der Waals surface area (Å²) in [7, 11) is 0. The van der Waals surface area contributed by atoms with Crippen molar-refractivity contribution in [3.63, 3.8) is 0 Å². The first kappa shape index (κ1) is 18.0. The number of hydrogen-bond acceptors (Lipinski definition) is 3. The Hall–Kier alpha value is -2.84. The van der Waals surface area contributed by atoms with E-state index in [-0.39, 0.29) is 11.6 Å². The molecular formula is C17H16F3N3O3. The van der Waals surface area contributed by atoms with Gasteiger partial charge in [0.15, 0.2) is 0 Å². The van der Waals surface area contributed by atoms with Crippen LogP contribution in [-0.4, -0.2) is 33.1 Å². The van der Waals surface area contributed by atoms with Gasteiger partial charge in [0.05, 0.1) is 11.8 Å². The summed E-state index contributed by atoms with van der Waals surface area (Å²) >= 11 is 0. The van der Waals surface area contributed by atoms with Crippen molar-refractivity contribution >= 4 is 11.9 Å². The maximum absolute atomic E-state index is 12.9. The largest absolute Gasteiger partial charge is 0.480 e. The van der Waals surface area contributed by atoms with Gasteiger partial charge in [0.2, 0.25) is 0 Å². The van der Waals surface area contributed by atoms with Crippen molar-refractivity contribution in [2.75, 3.05) is 6.54 Å². The highest BCUT2D eigenvalue weighted by Gasteiger charge is 2.32. The predicted octanol–water partition coefficient (Wildman–Crippen LogP) is 2.45. The van der Waals surface area contributed by atoms with Gasteiger partial charge >= 0.3 is 12.1 Å². The minimum Gasteiger partial charge on any atom is -0.480 e. The van der Waals surface area contributed by atoms with Crippen molar-refractivity contribution < 1.29 is 27.9 Å². The van der Waals surface area contributed by atoms with E-state index in [0.717, 1.165) is 12.1 Å². The van der Waals surface area contributed by atoms with Gasteiger partial charge in [0.1, 0.15) is 18.1 Å². The molecule has 9 heteroatoms. The van der Waals surface area contributed by atoms with E-state index >= 15 is 0 Å². The molecule has 3 rings (SSSR count). The highest BCUT2D eigenvalue weighted by molar-refractivity contribution is 5.94. The standard InChI is InChI=1S/C17H16F3N3O3/c18-17(19,20)12-3-1-2-10(6-12)11-4-5-14-21-7-13(23(14)9-11)16(26)22-8-15(24)25/h1-3,6-7,11H,4-5,8-9H2,(H,22,26)(H,24,25). The predicted molar refractivity (Wildman–Crippen MR) is 84.7 cm³/mol. The Balaban J connectivity index is 1.82. The van der Waals surface area contributed by atoms with Gasteiger partial charge < -0.3 is 15.0 Å². The number of hydrogen-bond donors (Lipinski definition) is 2. The van der Waals surface area contributed by atoms with Crippen LogP contribution < -0.4 is 5.32 Å². The third kappa shape index (κ3) is 3.71. The van der Waals surface area contributed by atoms with Gasteiger partial charge in [-0.1, -0.05) is 18.2 Å². The first-order chi connectivity index (χ1) is 12.3. The average Bonchev–Trinajstić information content (AvgIpc) is 3.02. The molecule has 0 saturated heterocycles. The fourth-order valence-electron chi connectivity index (χ4n) is 3.10. The number of nitrogens with one attached hydrogen (secondary N) is 1. The second kappa shape index (κ2) is 6.81. The quantitative estimate of drug-likeness (QED) is 0.869. The Morgan fingerprint density at radius 1 is 1.35 bits per heavy atom. The summed E-state index contributed by atoms with van der Waals surface area (Å²) in [6.45, 7) is -0.205. The monoisotopic (exact) mass is 367 g/mol. The van der Waals surface area contributed by atoms with Crippen molar-refractivity contribution in [2.45, 2.75) is 31.5 Å². The van der Waals surface area contributed by atoms with Crippen molar-refractivity contribution in [2.24, 2.45) is 0 Å². The van der Waals surface area contributed by atoms with E-state index in [1.54, 1.807) is 10.6 Å². The number of carboxylic acid groups (broad SMARTS) is 1. The van der Waals surface area contributed by atoms with Crippen LogP contribution >= 0.6 is 0 Å². The van der Waals surface area contributed by atoms with Gasteiger partial charge in [-0.05, 0) is 18.1 Å². The average molecular weight is 367 g/mol. The number of aliphatic carboxylic acids is 1. The SMILES string of the molecule is O=C(O)CNC(=O)c1cnc2n1CC(c1cccc(C(F)(F)F)c1)CC2. The molecule has 0 spiro atoms. The highest BCUT2D eigenvalue weighted by Crippen LogP contribution is 2.34. The molecule has 1 aromatic carbocycles. The maximum Gasteiger partial charge on any atom is 0.416 e. The lowest BCUT2D eigenvalue weighted by Gasteiger charge is -2.26. The molecule has 0 bridgehead atoms. The van der Waals surface area contributed by atoms with Crippen molar-refractivity contribution in [1.82, 2.24) is 14.9 Å². The number of benzene rings is 1. The minimum atomic E-state index is -4.41. The van der Waals surface area contributed by atoms with E-state index in [2.05, 4.69) is 10.3 Å². The lowest BCUT2D eigenvalue weighted by atomic mass is 9.90. The number of imidazole rings is 1. The summed E-state index contributed by atoms with van der Waals surface area (Å²) in [5.74, 6) is -1.27. The highest BCUT2D eigenvalue weighted by atomic mass is 19.4. The van der Waals surface area contributed by atoms with Crippen LogP contribution in [0.1, 0.15) is 39.8 Å². The number of aromatic nitrogens is 2. The number of carbonyl (C=O) groups excluding carboxylic acids is 1. The molecule has 26 heavy (non-hydrogen) atoms. The number of carbonyl (C=O) groups is 2. The molecule has 1 aliphatic rings. The van der Waals surface area contributed by atoms with Gasteiger partial charge in [-0.25, -0.2) is 4.98 Å². The van der Waals surface area contributed by atoms with E-state index in [4.69, 9.17) is 5.11 Å². The molecular weight excluding hydrogens is 351 g/mol. The topological polar surface area (TPSA) is 84.2 Å². The number of nitrogens with zero attached hydrogens (tertiary/aromatic N) is 2. The molecule has 0 fully saturated rings. The number of fused-ring (bicyclic) bond motifs is 1. The van der Waals surface area contributed by atoms with Gasteiger partial charge in [0, 0.05) is 18.9 Å². The number of alkyl halides is 3. The Kier molecular flexibility index (Phi) is 4.71. The van der Waals surface area contributed by atoms with Crippen LogP contribution in [0.5, 0.6) is 0 Å². The molecule has 138 valence electrons. The lowest BCUT2D eigenvalue weighted by molar-refractivity contribution is -0.138. The second-order valence-electron chi connectivity index (χ2n) is 6.11. The van der Waals surface area contributed by atoms with Crippen LogP contribution in [0.25, 0.3) is 0 Å². The fraction of sp³-hybridized carbons (Fsp3) is 0.353. The molecule has 0 aliphatic carbocycles. The van der Waals surface area contributed by atoms with Gasteiger partial charge in [0.25, 0.3) is 5.91 Å². The Labute approximate surface area is 146 Å². The molecule has 2 heterocycles. The zero-order valence-electron chi connectivity index (χ0n) is 13.6. The summed E-state index contributed by atoms with van der Waals surface area (Å²) < 4.78 is 40.4. The number of rotatable bonds is 4. The van der Waals surface area contributed by atoms with E-state index < -0.39 is 30.2 Å². The molecule has 6 nitrogen and oxygen atoms in total. The molecule has 1 unspecified atom stereocenters. The van der Waals surface area contributed by atoms with Crippen LogP contribution in [0.3, 0.4) is 0 Å². The third-order valence-corrected chi connectivity index (χ3v) is 4.38. The summed E-state index contributed by atoms with van der Waals surface area (Å²) in [5, 5.41) is 10.9. The number of aryl methyl sites for hydroxylation is 1. The van der Waals surface area contributed by atoms with Crippen LogP contribution in [0.15, 0.2) is 30.5 Å². The van der Waals surface area contributed by atoms with Crippen LogP contribution in [0.4, 0.5) is 13.2 Å². The molecule has 1 atom stereocenters. The Morgan fingerprint density at radius 2 is 2.12 bits per heavy atom. The molecule has 0 saturated carbocycles. The molecule has 1 aromatic heterocycles. The van der Waals surface area contributed by atoms with Crippen molar-refractivity contribution in [3.8, 4) is 0 Å². The zero-order chi connectivity index (χ0) is 18.9. The molecule has 1 amide bonds. The summed E-state index contributed by atoms with van der Waals surface area (Å²) in [4.78, 5) is 26.9. The Bertz CT molecular complexity index is 845.